The van der Waals surface area contributed by atoms with Crippen molar-refractivity contribution in [2.75, 3.05) is 0 Å². The molecular weight excluding hydrogens is 304 g/mol. The van der Waals surface area contributed by atoms with E-state index in [0.29, 0.717) is 12.8 Å². The predicted molar refractivity (Wildman–Crippen MR) is 93.8 cm³/mol. The van der Waals surface area contributed by atoms with Crippen LogP contribution in [0.4, 0.5) is 0 Å². The summed E-state index contributed by atoms with van der Waals surface area (Å²) in [4.78, 5) is 24.3. The molecular formula is C20H34O4. The van der Waals surface area contributed by atoms with Gasteiger partial charge < -0.3 is 9.84 Å². The first-order valence-electron chi connectivity index (χ1n) is 10.0. The van der Waals surface area contributed by atoms with Gasteiger partial charge in [0.2, 0.25) is 0 Å². The third kappa shape index (κ3) is 5.22. The molecule has 2 atom stereocenters. The van der Waals surface area contributed by atoms with Gasteiger partial charge in [-0.2, -0.15) is 0 Å². The van der Waals surface area contributed by atoms with Gasteiger partial charge in [-0.05, 0) is 51.4 Å². The number of carboxylic acid groups (broad SMARTS) is 1. The molecule has 0 aliphatic heterocycles. The Morgan fingerprint density at radius 3 is 2.25 bits per heavy atom. The van der Waals surface area contributed by atoms with Crippen molar-refractivity contribution in [1.82, 2.24) is 0 Å². The molecule has 0 amide bonds. The molecule has 2 saturated carbocycles. The Balaban J connectivity index is 1.98. The minimum absolute atomic E-state index is 0.237. The molecule has 2 unspecified atom stereocenters. The van der Waals surface area contributed by atoms with E-state index < -0.39 is 17.8 Å². The Kier molecular flexibility index (Phi) is 7.57. The van der Waals surface area contributed by atoms with E-state index in [-0.39, 0.29) is 11.6 Å². The number of carbonyl (C=O) groups excluding carboxylic acids is 1. The summed E-state index contributed by atoms with van der Waals surface area (Å²) in [5.74, 6) is -2.06. The average Bonchev–Trinajstić information content (AvgIpc) is 2.59. The van der Waals surface area contributed by atoms with Gasteiger partial charge >= 0.3 is 11.9 Å². The summed E-state index contributed by atoms with van der Waals surface area (Å²) in [5.41, 5.74) is -0.316. The van der Waals surface area contributed by atoms with E-state index in [2.05, 4.69) is 6.92 Å². The second-order valence-electron chi connectivity index (χ2n) is 7.81. The molecule has 0 spiro atoms. The van der Waals surface area contributed by atoms with Crippen molar-refractivity contribution in [2.24, 2.45) is 11.8 Å². The minimum Gasteiger partial charge on any atom is -0.481 e. The molecule has 0 heterocycles. The molecule has 4 heteroatoms. The topological polar surface area (TPSA) is 63.6 Å². The smallest absolute Gasteiger partial charge is 0.310 e. The number of esters is 1. The van der Waals surface area contributed by atoms with Crippen LogP contribution in [0.15, 0.2) is 0 Å². The lowest BCUT2D eigenvalue weighted by molar-refractivity contribution is -0.176. The number of hydrogen-bond acceptors (Lipinski definition) is 3. The third-order valence-electron chi connectivity index (χ3n) is 5.95. The zero-order valence-corrected chi connectivity index (χ0v) is 15.2. The van der Waals surface area contributed by atoms with Crippen molar-refractivity contribution in [1.29, 1.82) is 0 Å². The van der Waals surface area contributed by atoms with E-state index in [1.807, 2.05) is 0 Å². The SMILES string of the molecule is CCCCCCC1(OC(=O)C2CCCCC2C(=O)O)CCCCC1. The van der Waals surface area contributed by atoms with E-state index in [1.165, 1.54) is 25.7 Å². The van der Waals surface area contributed by atoms with Gasteiger partial charge in [0.1, 0.15) is 5.60 Å². The number of carbonyl (C=O) groups is 2. The molecule has 138 valence electrons. The molecule has 0 aromatic heterocycles. The van der Waals surface area contributed by atoms with Crippen LogP contribution in [0.2, 0.25) is 0 Å². The molecule has 0 aromatic carbocycles. The minimum atomic E-state index is -0.836. The lowest BCUT2D eigenvalue weighted by atomic mass is 9.78. The fraction of sp³-hybridized carbons (Fsp3) is 0.900. The lowest BCUT2D eigenvalue weighted by Gasteiger charge is -2.39. The van der Waals surface area contributed by atoms with Crippen molar-refractivity contribution in [3.05, 3.63) is 0 Å². The van der Waals surface area contributed by atoms with Crippen molar-refractivity contribution in [2.45, 2.75) is 102 Å². The van der Waals surface area contributed by atoms with Crippen LogP contribution < -0.4 is 0 Å². The van der Waals surface area contributed by atoms with Crippen LogP contribution in [-0.4, -0.2) is 22.6 Å². The molecule has 0 aromatic rings. The molecule has 1 N–H and O–H groups in total. The Morgan fingerprint density at radius 1 is 0.958 bits per heavy atom. The van der Waals surface area contributed by atoms with Crippen LogP contribution in [-0.2, 0) is 14.3 Å². The van der Waals surface area contributed by atoms with Crippen LogP contribution in [0.3, 0.4) is 0 Å². The monoisotopic (exact) mass is 338 g/mol. The number of carboxylic acids is 1. The Labute approximate surface area is 146 Å². The number of hydrogen-bond donors (Lipinski definition) is 1. The quantitative estimate of drug-likeness (QED) is 0.494. The maximum Gasteiger partial charge on any atom is 0.310 e. The zero-order chi connectivity index (χ0) is 17.4. The highest BCUT2D eigenvalue weighted by Gasteiger charge is 2.42. The second-order valence-corrected chi connectivity index (χ2v) is 7.81. The average molecular weight is 338 g/mol. The first-order valence-corrected chi connectivity index (χ1v) is 10.0. The van der Waals surface area contributed by atoms with Gasteiger partial charge in [0.15, 0.2) is 0 Å². The van der Waals surface area contributed by atoms with Crippen LogP contribution >= 0.6 is 0 Å². The maximum absolute atomic E-state index is 12.8. The van der Waals surface area contributed by atoms with Gasteiger partial charge in [0.25, 0.3) is 0 Å². The van der Waals surface area contributed by atoms with Gasteiger partial charge in [-0.25, -0.2) is 0 Å². The molecule has 0 radical (unpaired) electrons. The molecule has 2 rings (SSSR count). The van der Waals surface area contributed by atoms with Crippen LogP contribution in [0, 0.1) is 11.8 Å². The molecule has 0 saturated heterocycles. The predicted octanol–water partition coefficient (Wildman–Crippen LogP) is 5.09. The summed E-state index contributed by atoms with van der Waals surface area (Å²) in [6.45, 7) is 2.20. The third-order valence-corrected chi connectivity index (χ3v) is 5.95. The van der Waals surface area contributed by atoms with Crippen molar-refractivity contribution in [3.63, 3.8) is 0 Å². The van der Waals surface area contributed by atoms with Gasteiger partial charge in [0, 0.05) is 0 Å². The lowest BCUT2D eigenvalue weighted by Crippen LogP contribution is -2.42. The molecule has 2 aliphatic carbocycles. The summed E-state index contributed by atoms with van der Waals surface area (Å²) in [5, 5.41) is 9.42. The summed E-state index contributed by atoms with van der Waals surface area (Å²) in [7, 11) is 0. The van der Waals surface area contributed by atoms with E-state index in [4.69, 9.17) is 4.74 Å². The zero-order valence-electron chi connectivity index (χ0n) is 15.2. The van der Waals surface area contributed by atoms with Crippen molar-refractivity contribution < 1.29 is 19.4 Å². The molecule has 2 aliphatic rings. The Hall–Kier alpha value is -1.06. The van der Waals surface area contributed by atoms with Gasteiger partial charge in [-0.15, -0.1) is 0 Å². The van der Waals surface area contributed by atoms with Crippen molar-refractivity contribution >= 4 is 11.9 Å². The first-order chi connectivity index (χ1) is 11.6. The first kappa shape index (κ1) is 19.3. The maximum atomic E-state index is 12.8. The molecule has 2 fully saturated rings. The summed E-state index contributed by atoms with van der Waals surface area (Å²) < 4.78 is 6.08. The van der Waals surface area contributed by atoms with Crippen molar-refractivity contribution in [3.8, 4) is 0 Å². The van der Waals surface area contributed by atoms with Gasteiger partial charge in [-0.1, -0.05) is 45.4 Å². The summed E-state index contributed by atoms with van der Waals surface area (Å²) in [6, 6.07) is 0. The highest BCUT2D eigenvalue weighted by Crippen LogP contribution is 2.39. The highest BCUT2D eigenvalue weighted by molar-refractivity contribution is 5.81. The van der Waals surface area contributed by atoms with E-state index in [0.717, 1.165) is 51.4 Å². The highest BCUT2D eigenvalue weighted by atomic mass is 16.6. The standard InChI is InChI=1S/C20H34O4/c1-2-3-4-8-13-20(14-9-5-10-15-20)24-19(23)17-12-7-6-11-16(17)18(21)22/h16-17H,2-15H2,1H3,(H,21,22). The number of unbranched alkanes of at least 4 members (excludes halogenated alkanes) is 3. The van der Waals surface area contributed by atoms with E-state index >= 15 is 0 Å². The second kappa shape index (κ2) is 9.43. The summed E-state index contributed by atoms with van der Waals surface area (Å²) in [6.07, 6.45) is 14.2. The normalized spacial score (nSPS) is 26.7. The fourth-order valence-corrected chi connectivity index (χ4v) is 4.47. The fourth-order valence-electron chi connectivity index (χ4n) is 4.47. The van der Waals surface area contributed by atoms with Crippen LogP contribution in [0.1, 0.15) is 96.8 Å². The van der Waals surface area contributed by atoms with Crippen LogP contribution in [0.5, 0.6) is 0 Å². The van der Waals surface area contributed by atoms with E-state index in [9.17, 15) is 14.7 Å². The molecule has 4 nitrogen and oxygen atoms in total. The summed E-state index contributed by atoms with van der Waals surface area (Å²) >= 11 is 0. The van der Waals surface area contributed by atoms with Crippen LogP contribution in [0.25, 0.3) is 0 Å². The number of aliphatic carboxylic acids is 1. The number of rotatable bonds is 8. The van der Waals surface area contributed by atoms with Gasteiger partial charge in [0.05, 0.1) is 11.8 Å². The number of ether oxygens (including phenoxy) is 1. The van der Waals surface area contributed by atoms with Gasteiger partial charge in [-0.3, -0.25) is 9.59 Å². The molecule has 0 bridgehead atoms. The molecule has 24 heavy (non-hydrogen) atoms. The largest absolute Gasteiger partial charge is 0.481 e. The Morgan fingerprint density at radius 2 is 1.62 bits per heavy atom. The Bertz CT molecular complexity index is 412. The van der Waals surface area contributed by atoms with E-state index in [1.54, 1.807) is 0 Å².